The Labute approximate surface area is 246 Å². The topological polar surface area (TPSA) is 125 Å². The molecule has 216 valence electrons. The number of rotatable bonds is 9. The number of nitrogens with zero attached hydrogens (tertiary/aromatic N) is 5. The Kier molecular flexibility index (Phi) is 6.78. The van der Waals surface area contributed by atoms with Crippen LogP contribution in [-0.2, 0) is 4.79 Å². The van der Waals surface area contributed by atoms with Crippen molar-refractivity contribution in [2.45, 2.75) is 12.8 Å². The van der Waals surface area contributed by atoms with E-state index in [1.165, 1.54) is 12.1 Å². The fourth-order valence-electron chi connectivity index (χ4n) is 5.07. The van der Waals surface area contributed by atoms with Crippen molar-refractivity contribution in [3.8, 4) is 39.5 Å². The summed E-state index contributed by atoms with van der Waals surface area (Å²) in [7, 11) is 3.92. The number of benzene rings is 1. The third-order valence-electron chi connectivity index (χ3n) is 7.47. The Hall–Kier alpha value is -5.16. The predicted molar refractivity (Wildman–Crippen MR) is 163 cm³/mol. The second-order valence-corrected chi connectivity index (χ2v) is 11.0. The number of fused-ring (bicyclic) bond motifs is 2. The van der Waals surface area contributed by atoms with Crippen molar-refractivity contribution >= 4 is 33.5 Å². The maximum absolute atomic E-state index is 14.6. The lowest BCUT2D eigenvalue weighted by Gasteiger charge is -2.12. The normalized spacial score (nSPS) is 13.2. The minimum Gasteiger partial charge on any atom is -0.492 e. The second-order valence-electron chi connectivity index (χ2n) is 11.0. The minimum atomic E-state index is -0.373. The maximum Gasteiger partial charge on any atom is 0.227 e. The molecule has 1 aliphatic rings. The van der Waals surface area contributed by atoms with Gasteiger partial charge in [-0.2, -0.15) is 5.10 Å². The molecular weight excluding hydrogens is 547 g/mol. The SMILES string of the molecule is CN(C)CCOc1cc(F)cc(-c2ccnc3[nH]c(-c4n[nH]c5cnc(-c6cncc(NC(=O)C7CC7)c6)cc45)cc23)c1. The van der Waals surface area contributed by atoms with Crippen LogP contribution in [0.1, 0.15) is 12.8 Å². The lowest BCUT2D eigenvalue weighted by atomic mass is 10.0. The van der Waals surface area contributed by atoms with Gasteiger partial charge in [0.1, 0.15) is 29.5 Å². The van der Waals surface area contributed by atoms with Gasteiger partial charge >= 0.3 is 0 Å². The highest BCUT2D eigenvalue weighted by atomic mass is 19.1. The summed E-state index contributed by atoms with van der Waals surface area (Å²) in [5, 5.41) is 12.3. The van der Waals surface area contributed by atoms with E-state index in [1.54, 1.807) is 24.8 Å². The van der Waals surface area contributed by atoms with E-state index in [0.717, 1.165) is 52.5 Å². The number of ether oxygens (including phenoxy) is 1. The Morgan fingerprint density at radius 2 is 1.93 bits per heavy atom. The van der Waals surface area contributed by atoms with E-state index in [-0.39, 0.29) is 17.6 Å². The molecule has 0 atom stereocenters. The fourth-order valence-corrected chi connectivity index (χ4v) is 5.07. The van der Waals surface area contributed by atoms with Crippen LogP contribution >= 0.6 is 0 Å². The molecule has 0 radical (unpaired) electrons. The highest BCUT2D eigenvalue weighted by Gasteiger charge is 2.29. The highest BCUT2D eigenvalue weighted by molar-refractivity contribution is 6.00. The third kappa shape index (κ3) is 5.54. The molecule has 1 amide bonds. The van der Waals surface area contributed by atoms with Crippen molar-refractivity contribution in [2.75, 3.05) is 32.6 Å². The molecule has 1 aromatic carbocycles. The van der Waals surface area contributed by atoms with E-state index in [2.05, 4.69) is 35.5 Å². The lowest BCUT2D eigenvalue weighted by Crippen LogP contribution is -2.19. The first-order valence-corrected chi connectivity index (χ1v) is 14.1. The zero-order chi connectivity index (χ0) is 29.5. The zero-order valence-electron chi connectivity index (χ0n) is 23.7. The number of hydrogen-bond acceptors (Lipinski definition) is 7. The number of carbonyl (C=O) groups is 1. The molecule has 5 heterocycles. The molecule has 0 saturated heterocycles. The Balaban J connectivity index is 1.23. The average Bonchev–Trinajstić information content (AvgIpc) is 3.62. The number of nitrogens with one attached hydrogen (secondary N) is 3. The van der Waals surface area contributed by atoms with Crippen molar-refractivity contribution in [1.82, 2.24) is 35.0 Å². The molecule has 1 saturated carbocycles. The molecule has 0 bridgehead atoms. The molecule has 0 spiro atoms. The monoisotopic (exact) mass is 576 g/mol. The summed E-state index contributed by atoms with van der Waals surface area (Å²) in [6, 6.07) is 12.4. The van der Waals surface area contributed by atoms with Crippen LogP contribution < -0.4 is 10.1 Å². The predicted octanol–water partition coefficient (Wildman–Crippen LogP) is 5.66. The number of amides is 1. The molecule has 6 aromatic rings. The third-order valence-corrected chi connectivity index (χ3v) is 7.47. The van der Waals surface area contributed by atoms with E-state index < -0.39 is 0 Å². The van der Waals surface area contributed by atoms with Crippen LogP contribution in [0.4, 0.5) is 10.1 Å². The number of aromatic nitrogens is 6. The average molecular weight is 577 g/mol. The number of aromatic amines is 2. The molecule has 0 unspecified atom stereocenters. The molecule has 3 N–H and O–H groups in total. The number of carbonyl (C=O) groups excluding carboxylic acids is 1. The van der Waals surface area contributed by atoms with Crippen LogP contribution in [0.25, 0.3) is 55.7 Å². The lowest BCUT2D eigenvalue weighted by molar-refractivity contribution is -0.117. The fraction of sp³-hybridized carbons (Fsp3) is 0.219. The first-order valence-electron chi connectivity index (χ1n) is 14.1. The molecular formula is C32H29FN8O2. The van der Waals surface area contributed by atoms with Crippen LogP contribution in [0, 0.1) is 11.7 Å². The maximum atomic E-state index is 14.6. The van der Waals surface area contributed by atoms with Crippen molar-refractivity contribution < 1.29 is 13.9 Å². The molecule has 10 nitrogen and oxygen atoms in total. The largest absolute Gasteiger partial charge is 0.492 e. The quantitative estimate of drug-likeness (QED) is 0.203. The van der Waals surface area contributed by atoms with Crippen molar-refractivity contribution in [3.63, 3.8) is 0 Å². The second kappa shape index (κ2) is 10.9. The van der Waals surface area contributed by atoms with Gasteiger partial charge in [0.25, 0.3) is 0 Å². The van der Waals surface area contributed by atoms with Gasteiger partial charge < -0.3 is 19.9 Å². The van der Waals surface area contributed by atoms with Gasteiger partial charge in [-0.25, -0.2) is 9.37 Å². The number of halogens is 1. The minimum absolute atomic E-state index is 0.0255. The van der Waals surface area contributed by atoms with Crippen molar-refractivity contribution in [2.24, 2.45) is 5.92 Å². The Bertz CT molecular complexity index is 1980. The Morgan fingerprint density at radius 3 is 2.77 bits per heavy atom. The number of H-pyrrole nitrogens is 2. The van der Waals surface area contributed by atoms with E-state index in [9.17, 15) is 9.18 Å². The van der Waals surface area contributed by atoms with Gasteiger partial charge in [-0.05, 0) is 74.5 Å². The van der Waals surface area contributed by atoms with E-state index in [1.807, 2.05) is 49.3 Å². The zero-order valence-corrected chi connectivity index (χ0v) is 23.7. The van der Waals surface area contributed by atoms with Gasteiger partial charge in [-0.3, -0.25) is 19.9 Å². The van der Waals surface area contributed by atoms with Gasteiger partial charge in [0.15, 0.2) is 0 Å². The van der Waals surface area contributed by atoms with Crippen LogP contribution in [0.3, 0.4) is 0 Å². The summed E-state index contributed by atoms with van der Waals surface area (Å²) in [5.41, 5.74) is 6.49. The molecule has 7 rings (SSSR count). The van der Waals surface area contributed by atoms with Gasteiger partial charge in [0.05, 0.1) is 35.0 Å². The molecule has 5 aromatic heterocycles. The van der Waals surface area contributed by atoms with Crippen LogP contribution in [-0.4, -0.2) is 68.2 Å². The number of hydrogen-bond donors (Lipinski definition) is 3. The summed E-state index contributed by atoms with van der Waals surface area (Å²) >= 11 is 0. The summed E-state index contributed by atoms with van der Waals surface area (Å²) < 4.78 is 20.5. The summed E-state index contributed by atoms with van der Waals surface area (Å²) in [5.74, 6) is 0.225. The smallest absolute Gasteiger partial charge is 0.227 e. The first kappa shape index (κ1) is 26.7. The standard InChI is InChI=1S/C32H29FN8O2/c1-41(2)7-8-43-23-11-19(9-21(33)12-23)24-5-6-35-31-25(24)13-28(38-31)30-26-14-27(36-17-29(26)39-40-30)20-10-22(16-34-15-20)37-32(42)18-3-4-18/h5-6,9-18H,3-4,7-8H2,1-2H3,(H,35,38)(H,37,42)(H,39,40). The summed E-state index contributed by atoms with van der Waals surface area (Å²) in [4.78, 5) is 31.1. The number of likely N-dealkylation sites (N-methyl/N-ethyl adjacent to an activating group) is 1. The van der Waals surface area contributed by atoms with E-state index in [4.69, 9.17) is 4.74 Å². The van der Waals surface area contributed by atoms with Crippen molar-refractivity contribution in [1.29, 1.82) is 0 Å². The summed E-state index contributed by atoms with van der Waals surface area (Å²) in [6.45, 7) is 1.18. The first-order chi connectivity index (χ1) is 20.9. The van der Waals surface area contributed by atoms with Crippen LogP contribution in [0.2, 0.25) is 0 Å². The highest BCUT2D eigenvalue weighted by Crippen LogP contribution is 2.36. The molecule has 1 fully saturated rings. The van der Waals surface area contributed by atoms with Gasteiger partial charge in [-0.15, -0.1) is 0 Å². The summed E-state index contributed by atoms with van der Waals surface area (Å²) in [6.07, 6.45) is 8.64. The van der Waals surface area contributed by atoms with Crippen LogP contribution in [0.5, 0.6) is 5.75 Å². The Morgan fingerprint density at radius 1 is 1.05 bits per heavy atom. The molecule has 0 aliphatic heterocycles. The van der Waals surface area contributed by atoms with Gasteiger partial charge in [-0.1, -0.05) is 0 Å². The van der Waals surface area contributed by atoms with E-state index in [0.29, 0.717) is 40.6 Å². The molecule has 1 aliphatic carbocycles. The van der Waals surface area contributed by atoms with Gasteiger partial charge in [0, 0.05) is 47.3 Å². The molecule has 43 heavy (non-hydrogen) atoms. The number of anilines is 1. The van der Waals surface area contributed by atoms with Crippen molar-refractivity contribution in [3.05, 3.63) is 73.1 Å². The molecule has 11 heteroatoms. The van der Waals surface area contributed by atoms with Crippen LogP contribution in [0.15, 0.2) is 67.3 Å². The van der Waals surface area contributed by atoms with E-state index >= 15 is 0 Å². The number of pyridine rings is 3. The van der Waals surface area contributed by atoms with Gasteiger partial charge in [0.2, 0.25) is 5.91 Å².